The molecule has 0 aromatic carbocycles. The number of aromatic amines is 1. The number of H-pyrrole nitrogens is 1. The van der Waals surface area contributed by atoms with Gasteiger partial charge in [-0.25, -0.2) is 9.80 Å². The molecule has 0 aliphatic carbocycles. The summed E-state index contributed by atoms with van der Waals surface area (Å²) in [7, 11) is 1.42. The quantitative estimate of drug-likeness (QED) is 0.642. The molecule has 0 radical (unpaired) electrons. The molecule has 2 heterocycles. The molecule has 0 bridgehead atoms. The van der Waals surface area contributed by atoms with Crippen LogP contribution in [0.15, 0.2) is 45.2 Å². The molecule has 7 nitrogen and oxygen atoms in total. The predicted molar refractivity (Wildman–Crippen MR) is 77.2 cm³/mol. The molecule has 0 aliphatic rings. The van der Waals surface area contributed by atoms with E-state index in [1.165, 1.54) is 18.1 Å². The van der Waals surface area contributed by atoms with Crippen molar-refractivity contribution in [2.45, 2.75) is 6.92 Å². The van der Waals surface area contributed by atoms with Crippen LogP contribution in [0.2, 0.25) is 0 Å². The second-order valence-electron chi connectivity index (χ2n) is 4.07. The Morgan fingerprint density at radius 3 is 2.85 bits per heavy atom. The third-order valence-corrected chi connectivity index (χ3v) is 2.73. The second-order valence-corrected chi connectivity index (χ2v) is 4.07. The van der Waals surface area contributed by atoms with E-state index in [-0.39, 0.29) is 5.56 Å². The lowest BCUT2D eigenvalue weighted by atomic mass is 10.4. The third-order valence-electron chi connectivity index (χ3n) is 2.73. The van der Waals surface area contributed by atoms with Crippen molar-refractivity contribution in [3.05, 3.63) is 57.0 Å². The third kappa shape index (κ3) is 3.00. The van der Waals surface area contributed by atoms with Crippen LogP contribution in [0.4, 0.5) is 5.82 Å². The predicted octanol–water partition coefficient (Wildman–Crippen LogP) is 0.329. The van der Waals surface area contributed by atoms with E-state index in [1.807, 2.05) is 25.1 Å². The van der Waals surface area contributed by atoms with Crippen LogP contribution >= 0.6 is 0 Å². The van der Waals surface area contributed by atoms with Gasteiger partial charge in [-0.05, 0) is 19.1 Å². The first-order valence-electron chi connectivity index (χ1n) is 6.14. The Balaban J connectivity index is 2.32. The van der Waals surface area contributed by atoms with Crippen molar-refractivity contribution in [1.82, 2.24) is 14.5 Å². The summed E-state index contributed by atoms with van der Waals surface area (Å²) in [6.07, 6.45) is 3.23. The molecule has 104 valence electrons. The summed E-state index contributed by atoms with van der Waals surface area (Å²) in [6, 6.07) is 6.81. The van der Waals surface area contributed by atoms with Crippen LogP contribution in [-0.4, -0.2) is 27.3 Å². The summed E-state index contributed by atoms with van der Waals surface area (Å²) in [5.41, 5.74) is -0.161. The molecular formula is C13H15N5O2. The zero-order valence-electron chi connectivity index (χ0n) is 11.3. The van der Waals surface area contributed by atoms with E-state index in [9.17, 15) is 9.59 Å². The maximum atomic E-state index is 11.6. The second kappa shape index (κ2) is 5.96. The zero-order valence-corrected chi connectivity index (χ0v) is 11.3. The molecule has 2 rings (SSSR count). The summed E-state index contributed by atoms with van der Waals surface area (Å²) in [6.45, 7) is 2.37. The van der Waals surface area contributed by atoms with Crippen LogP contribution in [0.25, 0.3) is 0 Å². The summed E-state index contributed by atoms with van der Waals surface area (Å²) >= 11 is 0. The van der Waals surface area contributed by atoms with Crippen molar-refractivity contribution in [1.29, 1.82) is 0 Å². The van der Waals surface area contributed by atoms with Gasteiger partial charge >= 0.3 is 5.69 Å². The first-order valence-corrected chi connectivity index (χ1v) is 6.14. The van der Waals surface area contributed by atoms with E-state index in [0.29, 0.717) is 18.1 Å². The number of nitrogens with one attached hydrogen (secondary N) is 1. The Labute approximate surface area is 115 Å². The standard InChI is InChI=1S/C13H15N5O2/c1-3-18(15-9-10-6-4-5-7-14-10)11-8-12(19)17(2)13(20)16-11/h4-9H,3H2,1-2H3,(H,16,20)/b15-9+. The van der Waals surface area contributed by atoms with Crippen LogP contribution in [0.3, 0.4) is 0 Å². The van der Waals surface area contributed by atoms with Gasteiger partial charge in [0.25, 0.3) is 5.56 Å². The molecule has 0 atom stereocenters. The van der Waals surface area contributed by atoms with Crippen molar-refractivity contribution < 1.29 is 0 Å². The van der Waals surface area contributed by atoms with Gasteiger partial charge in [0.05, 0.1) is 11.9 Å². The lowest BCUT2D eigenvalue weighted by molar-refractivity contribution is 0.756. The minimum absolute atomic E-state index is 0.354. The van der Waals surface area contributed by atoms with Gasteiger partial charge in [0.15, 0.2) is 0 Å². The Kier molecular flexibility index (Phi) is 4.09. The molecule has 0 unspecified atom stereocenters. The van der Waals surface area contributed by atoms with Gasteiger partial charge in [-0.15, -0.1) is 0 Å². The Morgan fingerprint density at radius 2 is 2.25 bits per heavy atom. The van der Waals surface area contributed by atoms with E-state index < -0.39 is 5.69 Å². The van der Waals surface area contributed by atoms with Crippen LogP contribution in [-0.2, 0) is 7.05 Å². The molecule has 1 N–H and O–H groups in total. The maximum absolute atomic E-state index is 11.6. The van der Waals surface area contributed by atoms with Crippen LogP contribution < -0.4 is 16.3 Å². The Morgan fingerprint density at radius 1 is 1.45 bits per heavy atom. The van der Waals surface area contributed by atoms with Crippen molar-refractivity contribution in [3.8, 4) is 0 Å². The largest absolute Gasteiger partial charge is 0.329 e. The number of anilines is 1. The van der Waals surface area contributed by atoms with Crippen molar-refractivity contribution in [3.63, 3.8) is 0 Å². The summed E-state index contributed by atoms with van der Waals surface area (Å²) in [4.78, 5) is 29.9. The monoisotopic (exact) mass is 273 g/mol. The molecule has 2 aromatic heterocycles. The molecule has 7 heteroatoms. The summed E-state index contributed by atoms with van der Waals surface area (Å²) < 4.78 is 1.000. The van der Waals surface area contributed by atoms with Gasteiger partial charge in [0.1, 0.15) is 5.82 Å². The average molecular weight is 273 g/mol. The van der Waals surface area contributed by atoms with E-state index >= 15 is 0 Å². The van der Waals surface area contributed by atoms with Gasteiger partial charge in [0, 0.05) is 25.9 Å². The number of nitrogens with zero attached hydrogens (tertiary/aromatic N) is 4. The van der Waals surface area contributed by atoms with Crippen LogP contribution in [0.1, 0.15) is 12.6 Å². The van der Waals surface area contributed by atoms with Gasteiger partial charge < -0.3 is 0 Å². The molecule has 0 aliphatic heterocycles. The van der Waals surface area contributed by atoms with Crippen molar-refractivity contribution in [2.24, 2.45) is 12.1 Å². The van der Waals surface area contributed by atoms with Gasteiger partial charge in [0.2, 0.25) is 0 Å². The average Bonchev–Trinajstić information content (AvgIpc) is 2.46. The number of rotatable bonds is 4. The number of pyridine rings is 1. The van der Waals surface area contributed by atoms with E-state index in [2.05, 4.69) is 15.1 Å². The minimum Gasteiger partial charge on any atom is -0.292 e. The number of hydrazone groups is 1. The first kappa shape index (κ1) is 13.7. The zero-order chi connectivity index (χ0) is 14.5. The SMILES string of the molecule is CCN(/N=C/c1ccccn1)c1cc(=O)n(C)c(=O)[nH]1. The van der Waals surface area contributed by atoms with Crippen molar-refractivity contribution in [2.75, 3.05) is 11.6 Å². The highest BCUT2D eigenvalue weighted by atomic mass is 16.2. The van der Waals surface area contributed by atoms with E-state index in [0.717, 1.165) is 4.57 Å². The number of hydrogen-bond acceptors (Lipinski definition) is 5. The Bertz CT molecular complexity index is 686. The first-order chi connectivity index (χ1) is 9.61. The van der Waals surface area contributed by atoms with Gasteiger partial charge in [-0.3, -0.25) is 19.3 Å². The molecule has 2 aromatic rings. The van der Waals surface area contributed by atoms with Gasteiger partial charge in [-0.1, -0.05) is 6.07 Å². The highest BCUT2D eigenvalue weighted by Crippen LogP contribution is 2.05. The van der Waals surface area contributed by atoms with Crippen molar-refractivity contribution >= 4 is 12.0 Å². The lowest BCUT2D eigenvalue weighted by Crippen LogP contribution is -2.34. The minimum atomic E-state index is -0.473. The molecular weight excluding hydrogens is 258 g/mol. The molecule has 0 saturated carbocycles. The molecule has 0 fully saturated rings. The van der Waals surface area contributed by atoms with Gasteiger partial charge in [-0.2, -0.15) is 5.10 Å². The molecule has 20 heavy (non-hydrogen) atoms. The lowest BCUT2D eigenvalue weighted by Gasteiger charge is -2.15. The number of aromatic nitrogens is 3. The normalized spacial score (nSPS) is 10.9. The fourth-order valence-corrected chi connectivity index (χ4v) is 1.58. The fourth-order valence-electron chi connectivity index (χ4n) is 1.58. The van der Waals surface area contributed by atoms with Crippen LogP contribution in [0, 0.1) is 0 Å². The molecule has 0 amide bonds. The van der Waals surface area contributed by atoms with Crippen LogP contribution in [0.5, 0.6) is 0 Å². The summed E-state index contributed by atoms with van der Waals surface area (Å²) in [5.74, 6) is 0.354. The van der Waals surface area contributed by atoms with E-state index in [4.69, 9.17) is 0 Å². The topological polar surface area (TPSA) is 83.3 Å². The molecule has 0 spiro atoms. The Hall–Kier alpha value is -2.70. The number of hydrogen-bond donors (Lipinski definition) is 1. The smallest absolute Gasteiger partial charge is 0.292 e. The fraction of sp³-hybridized carbons (Fsp3) is 0.231. The summed E-state index contributed by atoms with van der Waals surface area (Å²) in [5, 5.41) is 5.75. The molecule has 0 saturated heterocycles. The maximum Gasteiger partial charge on any atom is 0.329 e. The van der Waals surface area contributed by atoms with E-state index in [1.54, 1.807) is 12.4 Å². The highest BCUT2D eigenvalue weighted by molar-refractivity contribution is 5.77. The highest BCUT2D eigenvalue weighted by Gasteiger charge is 2.06.